The molecule has 18 heavy (non-hydrogen) atoms. The fourth-order valence-corrected chi connectivity index (χ4v) is 1.71. The quantitative estimate of drug-likeness (QED) is 0.284. The zero-order chi connectivity index (χ0) is 13.4. The molecule has 0 radical (unpaired) electrons. The van der Waals surface area contributed by atoms with Crippen LogP contribution in [-0.4, -0.2) is 31.4 Å². The lowest BCUT2D eigenvalue weighted by Crippen LogP contribution is -2.34. The van der Waals surface area contributed by atoms with Crippen LogP contribution < -0.4 is 16.8 Å². The zero-order valence-corrected chi connectivity index (χ0v) is 10.6. The molecule has 1 aromatic rings. The van der Waals surface area contributed by atoms with E-state index in [-0.39, 0.29) is 17.8 Å². The molecule has 0 saturated heterocycles. The van der Waals surface area contributed by atoms with Crippen LogP contribution in [0, 0.1) is 0 Å². The van der Waals surface area contributed by atoms with Crippen molar-refractivity contribution in [3.63, 3.8) is 0 Å². The molecule has 5 N–H and O–H groups in total. The van der Waals surface area contributed by atoms with E-state index in [1.807, 2.05) is 30.3 Å². The van der Waals surface area contributed by atoms with Gasteiger partial charge < -0.3 is 16.8 Å². The highest BCUT2D eigenvalue weighted by Gasteiger charge is 2.17. The number of benzene rings is 1. The zero-order valence-electron chi connectivity index (χ0n) is 10.6. The Balaban J connectivity index is 2.51. The summed E-state index contributed by atoms with van der Waals surface area (Å²) < 4.78 is 0. The van der Waals surface area contributed by atoms with Crippen molar-refractivity contribution in [2.45, 2.75) is 18.9 Å². The van der Waals surface area contributed by atoms with Crippen LogP contribution in [0.15, 0.2) is 35.3 Å². The summed E-state index contributed by atoms with van der Waals surface area (Å²) in [4.78, 5) is 16.1. The number of hydrogen-bond acceptors (Lipinski definition) is 3. The SMILES string of the molecule is CN[C@@H](CCCN=C(N)N)C(=O)c1ccccc1. The van der Waals surface area contributed by atoms with E-state index in [1.165, 1.54) is 0 Å². The van der Waals surface area contributed by atoms with Crippen LogP contribution >= 0.6 is 0 Å². The second-order valence-electron chi connectivity index (χ2n) is 4.02. The molecule has 5 heteroatoms. The Morgan fingerprint density at radius 3 is 2.56 bits per heavy atom. The third-order valence-electron chi connectivity index (χ3n) is 2.67. The minimum atomic E-state index is -0.193. The number of nitrogens with two attached hydrogens (primary N) is 2. The number of Topliss-reactive ketones (excluding diaryl/α,β-unsaturated/α-hetero) is 1. The van der Waals surface area contributed by atoms with Crippen LogP contribution in [0.3, 0.4) is 0 Å². The first kappa shape index (κ1) is 14.2. The summed E-state index contributed by atoms with van der Waals surface area (Å²) in [6.07, 6.45) is 1.48. The number of nitrogens with one attached hydrogen (secondary N) is 1. The maximum atomic E-state index is 12.2. The van der Waals surface area contributed by atoms with Crippen LogP contribution in [0.4, 0.5) is 0 Å². The number of hydrogen-bond donors (Lipinski definition) is 3. The largest absolute Gasteiger partial charge is 0.370 e. The van der Waals surface area contributed by atoms with Crippen molar-refractivity contribution in [1.29, 1.82) is 0 Å². The lowest BCUT2D eigenvalue weighted by molar-refractivity contribution is 0.0941. The van der Waals surface area contributed by atoms with E-state index in [0.717, 1.165) is 12.0 Å². The Labute approximate surface area is 107 Å². The highest BCUT2D eigenvalue weighted by molar-refractivity contribution is 6.00. The summed E-state index contributed by atoms with van der Waals surface area (Å²) in [7, 11) is 1.78. The van der Waals surface area contributed by atoms with Gasteiger partial charge in [0.2, 0.25) is 0 Å². The number of nitrogens with zero attached hydrogens (tertiary/aromatic N) is 1. The maximum Gasteiger partial charge on any atom is 0.185 e. The molecule has 0 heterocycles. The molecule has 0 unspecified atom stereocenters. The van der Waals surface area contributed by atoms with Gasteiger partial charge in [-0.25, -0.2) is 0 Å². The third-order valence-corrected chi connectivity index (χ3v) is 2.67. The average Bonchev–Trinajstić information content (AvgIpc) is 2.39. The Kier molecular flexibility index (Phi) is 5.87. The lowest BCUT2D eigenvalue weighted by atomic mass is 10.0. The Bertz CT molecular complexity index is 399. The van der Waals surface area contributed by atoms with Gasteiger partial charge in [0.15, 0.2) is 11.7 Å². The van der Waals surface area contributed by atoms with Crippen LogP contribution in [0.5, 0.6) is 0 Å². The standard InChI is InChI=1S/C13H20N4O/c1-16-11(8-5-9-17-13(14)15)12(18)10-6-3-2-4-7-10/h2-4,6-7,11,16H,5,8-9H2,1H3,(H4,14,15,17)/t11-/m0/s1. The molecule has 0 aliphatic heterocycles. The van der Waals surface area contributed by atoms with Gasteiger partial charge in [-0.1, -0.05) is 30.3 Å². The predicted molar refractivity (Wildman–Crippen MR) is 73.5 cm³/mol. The van der Waals surface area contributed by atoms with E-state index in [0.29, 0.717) is 13.0 Å². The molecular weight excluding hydrogens is 228 g/mol. The van der Waals surface area contributed by atoms with E-state index in [2.05, 4.69) is 10.3 Å². The highest BCUT2D eigenvalue weighted by atomic mass is 16.1. The lowest BCUT2D eigenvalue weighted by Gasteiger charge is -2.14. The molecule has 0 amide bonds. The first-order valence-corrected chi connectivity index (χ1v) is 5.97. The van der Waals surface area contributed by atoms with E-state index < -0.39 is 0 Å². The van der Waals surface area contributed by atoms with Crippen LogP contribution in [0.25, 0.3) is 0 Å². The molecule has 1 rings (SSSR count). The van der Waals surface area contributed by atoms with Crippen molar-refractivity contribution in [2.75, 3.05) is 13.6 Å². The molecule has 0 fully saturated rings. The number of ketones is 1. The summed E-state index contributed by atoms with van der Waals surface area (Å²) >= 11 is 0. The smallest absolute Gasteiger partial charge is 0.185 e. The molecule has 0 spiro atoms. The van der Waals surface area contributed by atoms with Crippen molar-refractivity contribution < 1.29 is 4.79 Å². The minimum Gasteiger partial charge on any atom is -0.370 e. The Hall–Kier alpha value is -1.88. The van der Waals surface area contributed by atoms with Crippen molar-refractivity contribution in [2.24, 2.45) is 16.5 Å². The monoisotopic (exact) mass is 248 g/mol. The van der Waals surface area contributed by atoms with Crippen LogP contribution in [-0.2, 0) is 0 Å². The summed E-state index contributed by atoms with van der Waals surface area (Å²) in [6.45, 7) is 0.544. The number of likely N-dealkylation sites (N-methyl/N-ethyl adjacent to an activating group) is 1. The summed E-state index contributed by atoms with van der Waals surface area (Å²) in [5, 5.41) is 3.03. The van der Waals surface area contributed by atoms with Gasteiger partial charge in [-0.3, -0.25) is 9.79 Å². The third kappa shape index (κ3) is 4.55. The van der Waals surface area contributed by atoms with Gasteiger partial charge in [0.1, 0.15) is 0 Å². The van der Waals surface area contributed by atoms with Gasteiger partial charge >= 0.3 is 0 Å². The molecule has 1 aromatic carbocycles. The van der Waals surface area contributed by atoms with Gasteiger partial charge in [-0.15, -0.1) is 0 Å². The van der Waals surface area contributed by atoms with Crippen molar-refractivity contribution >= 4 is 11.7 Å². The molecular formula is C13H20N4O. The first-order chi connectivity index (χ1) is 8.65. The normalized spacial score (nSPS) is 11.8. The summed E-state index contributed by atoms with van der Waals surface area (Å²) in [5.74, 6) is 0.188. The fourth-order valence-electron chi connectivity index (χ4n) is 1.71. The van der Waals surface area contributed by atoms with Gasteiger partial charge in [0.05, 0.1) is 6.04 Å². The van der Waals surface area contributed by atoms with Gasteiger partial charge in [-0.2, -0.15) is 0 Å². The van der Waals surface area contributed by atoms with E-state index in [4.69, 9.17) is 11.5 Å². The van der Waals surface area contributed by atoms with Crippen molar-refractivity contribution in [1.82, 2.24) is 5.32 Å². The Morgan fingerprint density at radius 2 is 2.00 bits per heavy atom. The van der Waals surface area contributed by atoms with E-state index in [9.17, 15) is 4.79 Å². The van der Waals surface area contributed by atoms with Gasteiger partial charge in [0.25, 0.3) is 0 Å². The molecule has 5 nitrogen and oxygen atoms in total. The minimum absolute atomic E-state index is 0.0883. The fraction of sp³-hybridized carbons (Fsp3) is 0.385. The summed E-state index contributed by atoms with van der Waals surface area (Å²) in [6, 6.07) is 9.07. The number of rotatable bonds is 7. The number of carbonyl (C=O) groups excluding carboxylic acids is 1. The Morgan fingerprint density at radius 1 is 1.33 bits per heavy atom. The average molecular weight is 248 g/mol. The number of aliphatic imine (C=N–C) groups is 1. The van der Waals surface area contributed by atoms with Crippen LogP contribution in [0.1, 0.15) is 23.2 Å². The first-order valence-electron chi connectivity index (χ1n) is 5.97. The van der Waals surface area contributed by atoms with Gasteiger partial charge in [0, 0.05) is 12.1 Å². The highest BCUT2D eigenvalue weighted by Crippen LogP contribution is 2.07. The number of carbonyl (C=O) groups is 1. The molecule has 0 bridgehead atoms. The molecule has 0 aliphatic carbocycles. The molecule has 0 aromatic heterocycles. The second-order valence-corrected chi connectivity index (χ2v) is 4.02. The molecule has 0 aliphatic rings. The van der Waals surface area contributed by atoms with Crippen molar-refractivity contribution in [3.8, 4) is 0 Å². The van der Waals surface area contributed by atoms with E-state index >= 15 is 0 Å². The topological polar surface area (TPSA) is 93.5 Å². The molecule has 0 saturated carbocycles. The number of guanidine groups is 1. The molecule has 1 atom stereocenters. The summed E-state index contributed by atoms with van der Waals surface area (Å²) in [5.41, 5.74) is 11.2. The van der Waals surface area contributed by atoms with E-state index in [1.54, 1.807) is 7.05 Å². The predicted octanol–water partition coefficient (Wildman–Crippen LogP) is 0.511. The maximum absolute atomic E-state index is 12.2. The van der Waals surface area contributed by atoms with Gasteiger partial charge in [-0.05, 0) is 19.9 Å². The second kappa shape index (κ2) is 7.45. The van der Waals surface area contributed by atoms with Crippen LogP contribution in [0.2, 0.25) is 0 Å². The molecule has 98 valence electrons. The van der Waals surface area contributed by atoms with Crippen molar-refractivity contribution in [3.05, 3.63) is 35.9 Å².